The lowest BCUT2D eigenvalue weighted by molar-refractivity contribution is -0.385. The van der Waals surface area contributed by atoms with Crippen molar-refractivity contribution in [2.45, 2.75) is 13.8 Å². The van der Waals surface area contributed by atoms with E-state index in [0.29, 0.717) is 10.7 Å². The third-order valence-corrected chi connectivity index (χ3v) is 5.24. The Balaban J connectivity index is 1.86. The van der Waals surface area contributed by atoms with Crippen LogP contribution in [-0.2, 0) is 0 Å². The molecule has 3 rings (SSSR count). The minimum atomic E-state index is -0.590. The number of halogens is 1. The molecule has 0 aliphatic heterocycles. The normalized spacial score (nSPS) is 10.5. The molecule has 1 amide bonds. The minimum Gasteiger partial charge on any atom is -0.493 e. The van der Waals surface area contributed by atoms with Gasteiger partial charge in [-0.05, 0) is 44.2 Å². The van der Waals surface area contributed by atoms with Gasteiger partial charge in [-0.3, -0.25) is 20.2 Å². The van der Waals surface area contributed by atoms with Gasteiger partial charge in [0, 0.05) is 21.5 Å². The number of hydrogen-bond donors (Lipinski definition) is 1. The van der Waals surface area contributed by atoms with Crippen molar-refractivity contribution in [2.24, 2.45) is 0 Å². The average Bonchev–Trinajstić information content (AvgIpc) is 3.00. The maximum Gasteiger partial charge on any atom is 0.313 e. The second-order valence-corrected chi connectivity index (χ2v) is 7.59. The van der Waals surface area contributed by atoms with E-state index in [9.17, 15) is 14.9 Å². The second-order valence-electron chi connectivity index (χ2n) is 5.95. The number of methoxy groups -OCH3 is 1. The predicted octanol–water partition coefficient (Wildman–Crippen LogP) is 5.37. The Kier molecular flexibility index (Phi) is 6.00. The highest BCUT2D eigenvalue weighted by Gasteiger charge is 2.19. The fraction of sp³-hybridized carbons (Fsp3) is 0.158. The number of benzene rings is 2. The van der Waals surface area contributed by atoms with Crippen molar-refractivity contribution in [3.63, 3.8) is 0 Å². The van der Waals surface area contributed by atoms with E-state index in [1.54, 1.807) is 0 Å². The van der Waals surface area contributed by atoms with Crippen molar-refractivity contribution < 1.29 is 19.2 Å². The number of aryl methyl sites for hydroxylation is 2. The Bertz CT molecular complexity index is 1080. The van der Waals surface area contributed by atoms with Crippen LogP contribution in [0.2, 0.25) is 5.02 Å². The largest absolute Gasteiger partial charge is 0.493 e. The highest BCUT2D eigenvalue weighted by molar-refractivity contribution is 7.15. The van der Waals surface area contributed by atoms with Gasteiger partial charge in [-0.25, -0.2) is 4.98 Å². The van der Waals surface area contributed by atoms with E-state index in [2.05, 4.69) is 10.3 Å². The predicted molar refractivity (Wildman–Crippen MR) is 111 cm³/mol. The Morgan fingerprint density at radius 2 is 1.90 bits per heavy atom. The summed E-state index contributed by atoms with van der Waals surface area (Å²) in [5.41, 5.74) is 0.900. The van der Waals surface area contributed by atoms with E-state index in [0.717, 1.165) is 10.6 Å². The van der Waals surface area contributed by atoms with Crippen LogP contribution in [0, 0.1) is 24.0 Å². The summed E-state index contributed by atoms with van der Waals surface area (Å²) in [5, 5.41) is 14.7. The first-order chi connectivity index (χ1) is 13.8. The van der Waals surface area contributed by atoms with Gasteiger partial charge >= 0.3 is 5.69 Å². The first kappa shape index (κ1) is 20.6. The molecule has 0 saturated heterocycles. The number of nitro groups is 1. The quantitative estimate of drug-likeness (QED) is 0.413. The smallest absolute Gasteiger partial charge is 0.313 e. The number of amides is 1. The first-order valence-electron chi connectivity index (χ1n) is 8.33. The van der Waals surface area contributed by atoms with E-state index in [1.807, 2.05) is 13.8 Å². The van der Waals surface area contributed by atoms with Crippen molar-refractivity contribution in [1.82, 2.24) is 4.98 Å². The first-order valence-corrected chi connectivity index (χ1v) is 9.53. The van der Waals surface area contributed by atoms with Crippen LogP contribution < -0.4 is 14.8 Å². The number of nitrogens with zero attached hydrogens (tertiary/aromatic N) is 2. The standard InChI is InChI=1S/C19H16ClN3O5S/c1-10-11(2)29-19(21-10)22-18(24)12-4-6-16(17(8-12)27-3)28-15-7-5-13(20)9-14(15)23(25)26/h4-9H,1-3H3,(H,21,22,24). The van der Waals surface area contributed by atoms with Gasteiger partial charge in [-0.1, -0.05) is 11.6 Å². The van der Waals surface area contributed by atoms with Crippen LogP contribution in [0.15, 0.2) is 36.4 Å². The molecule has 0 spiro atoms. The zero-order valence-electron chi connectivity index (χ0n) is 15.7. The lowest BCUT2D eigenvalue weighted by Gasteiger charge is -2.12. The Labute approximate surface area is 175 Å². The summed E-state index contributed by atoms with van der Waals surface area (Å²) >= 11 is 7.21. The number of nitrogens with one attached hydrogen (secondary N) is 1. The Hall–Kier alpha value is -3.17. The number of carbonyl (C=O) groups is 1. The van der Waals surface area contributed by atoms with Crippen LogP contribution in [0.3, 0.4) is 0 Å². The molecule has 10 heteroatoms. The molecule has 1 aromatic heterocycles. The molecule has 29 heavy (non-hydrogen) atoms. The van der Waals surface area contributed by atoms with E-state index in [-0.39, 0.29) is 33.9 Å². The van der Waals surface area contributed by atoms with Crippen LogP contribution in [0.25, 0.3) is 0 Å². The highest BCUT2D eigenvalue weighted by atomic mass is 35.5. The van der Waals surface area contributed by atoms with Crippen LogP contribution in [0.4, 0.5) is 10.8 Å². The van der Waals surface area contributed by atoms with Gasteiger partial charge in [0.1, 0.15) is 0 Å². The van der Waals surface area contributed by atoms with Crippen molar-refractivity contribution >= 4 is 39.7 Å². The zero-order valence-corrected chi connectivity index (χ0v) is 17.3. The molecule has 1 N–H and O–H groups in total. The molecule has 8 nitrogen and oxygen atoms in total. The molecule has 0 atom stereocenters. The van der Waals surface area contributed by atoms with E-state index in [4.69, 9.17) is 21.1 Å². The number of carbonyl (C=O) groups excluding carboxylic acids is 1. The molecule has 0 bridgehead atoms. The van der Waals surface area contributed by atoms with Crippen molar-refractivity contribution in [1.29, 1.82) is 0 Å². The second kappa shape index (κ2) is 8.46. The van der Waals surface area contributed by atoms with Crippen molar-refractivity contribution in [2.75, 3.05) is 12.4 Å². The van der Waals surface area contributed by atoms with Gasteiger partial charge in [0.05, 0.1) is 17.7 Å². The topological polar surface area (TPSA) is 104 Å². The number of anilines is 1. The fourth-order valence-electron chi connectivity index (χ4n) is 2.43. The van der Waals surface area contributed by atoms with Crippen molar-refractivity contribution in [3.05, 3.63) is 67.7 Å². The molecular weight excluding hydrogens is 418 g/mol. The third-order valence-electron chi connectivity index (χ3n) is 4.01. The zero-order chi connectivity index (χ0) is 21.1. The van der Waals surface area contributed by atoms with Crippen LogP contribution in [-0.4, -0.2) is 22.9 Å². The summed E-state index contributed by atoms with van der Waals surface area (Å²) < 4.78 is 10.9. The van der Waals surface area contributed by atoms with E-state index >= 15 is 0 Å². The number of thiazole rings is 1. The molecule has 0 radical (unpaired) electrons. The minimum absolute atomic E-state index is 0.00337. The summed E-state index contributed by atoms with van der Waals surface area (Å²) in [4.78, 5) is 28.5. The summed E-state index contributed by atoms with van der Waals surface area (Å²) in [5.74, 6) is 0.105. The summed E-state index contributed by atoms with van der Waals surface area (Å²) in [6.07, 6.45) is 0. The number of aromatic nitrogens is 1. The van der Waals surface area contributed by atoms with Gasteiger partial charge in [0.25, 0.3) is 5.91 Å². The molecule has 0 fully saturated rings. The maximum atomic E-state index is 12.5. The lowest BCUT2D eigenvalue weighted by atomic mass is 10.2. The van der Waals surface area contributed by atoms with Gasteiger partial charge in [-0.15, -0.1) is 11.3 Å². The van der Waals surface area contributed by atoms with Crippen LogP contribution in [0.5, 0.6) is 17.2 Å². The number of rotatable bonds is 6. The van der Waals surface area contributed by atoms with Gasteiger partial charge in [-0.2, -0.15) is 0 Å². The molecular formula is C19H16ClN3O5S. The molecule has 3 aromatic rings. The molecule has 0 unspecified atom stereocenters. The highest BCUT2D eigenvalue weighted by Crippen LogP contribution is 2.38. The summed E-state index contributed by atoms with van der Waals surface area (Å²) in [6, 6.07) is 8.60. The Morgan fingerprint density at radius 1 is 1.17 bits per heavy atom. The number of hydrogen-bond acceptors (Lipinski definition) is 7. The molecule has 2 aromatic carbocycles. The van der Waals surface area contributed by atoms with Gasteiger partial charge in [0.2, 0.25) is 5.75 Å². The average molecular weight is 434 g/mol. The van der Waals surface area contributed by atoms with Crippen LogP contribution in [0.1, 0.15) is 20.9 Å². The van der Waals surface area contributed by atoms with E-state index in [1.165, 1.54) is 54.8 Å². The number of ether oxygens (including phenoxy) is 2. The summed E-state index contributed by atoms with van der Waals surface area (Å²) in [6.45, 7) is 3.79. The monoisotopic (exact) mass is 433 g/mol. The van der Waals surface area contributed by atoms with Gasteiger partial charge in [0.15, 0.2) is 16.6 Å². The summed E-state index contributed by atoms with van der Waals surface area (Å²) in [7, 11) is 1.41. The lowest BCUT2D eigenvalue weighted by Crippen LogP contribution is -2.12. The van der Waals surface area contributed by atoms with E-state index < -0.39 is 4.92 Å². The molecule has 0 saturated carbocycles. The maximum absolute atomic E-state index is 12.5. The van der Waals surface area contributed by atoms with Crippen LogP contribution >= 0.6 is 22.9 Å². The molecule has 1 heterocycles. The van der Waals surface area contributed by atoms with Crippen molar-refractivity contribution in [3.8, 4) is 17.2 Å². The molecule has 150 valence electrons. The van der Waals surface area contributed by atoms with Gasteiger partial charge < -0.3 is 9.47 Å². The SMILES string of the molecule is COc1cc(C(=O)Nc2nc(C)c(C)s2)ccc1Oc1ccc(Cl)cc1[N+](=O)[O-]. The molecule has 0 aliphatic rings. The third kappa shape index (κ3) is 4.64. The Morgan fingerprint density at radius 3 is 2.52 bits per heavy atom. The fourth-order valence-corrected chi connectivity index (χ4v) is 3.40. The molecule has 0 aliphatic carbocycles. The number of nitro benzene ring substituents is 1.